The first kappa shape index (κ1) is 17.5. The summed E-state index contributed by atoms with van der Waals surface area (Å²) in [4.78, 5) is 12.3. The largest absolute Gasteiger partial charge is 0.497 e. The highest BCUT2D eigenvalue weighted by Crippen LogP contribution is 2.31. The fourth-order valence-corrected chi connectivity index (χ4v) is 2.48. The van der Waals surface area contributed by atoms with Crippen molar-refractivity contribution in [3.8, 4) is 23.0 Å². The van der Waals surface area contributed by atoms with Crippen LogP contribution in [0.5, 0.6) is 23.0 Å². The van der Waals surface area contributed by atoms with E-state index in [0.29, 0.717) is 34.3 Å². The van der Waals surface area contributed by atoms with E-state index in [2.05, 4.69) is 17.4 Å². The van der Waals surface area contributed by atoms with Gasteiger partial charge in [-0.2, -0.15) is 0 Å². The molecule has 3 rings (SSSR count). The molecule has 1 atom stereocenters. The predicted octanol–water partition coefficient (Wildman–Crippen LogP) is 2.14. The van der Waals surface area contributed by atoms with Crippen LogP contribution in [-0.2, 0) is 4.79 Å². The number of fused-ring (bicyclic) bond motifs is 1. The summed E-state index contributed by atoms with van der Waals surface area (Å²) in [5, 5.41) is 0. The molecular weight excluding hydrogens is 336 g/mol. The van der Waals surface area contributed by atoms with Gasteiger partial charge in [-0.25, -0.2) is 0 Å². The topological polar surface area (TPSA) is 78.1 Å². The van der Waals surface area contributed by atoms with Crippen LogP contribution >= 0.6 is 0 Å². The lowest BCUT2D eigenvalue weighted by Crippen LogP contribution is -2.48. The monoisotopic (exact) mass is 356 g/mol. The van der Waals surface area contributed by atoms with E-state index in [0.717, 1.165) is 0 Å². The minimum atomic E-state index is -0.761. The zero-order chi connectivity index (χ0) is 18.5. The molecule has 0 spiro atoms. The van der Waals surface area contributed by atoms with Crippen LogP contribution in [0.3, 0.4) is 0 Å². The number of nitrogens with one attached hydrogen (secondary N) is 2. The second-order valence-electron chi connectivity index (χ2n) is 5.52. The number of hydrogen-bond donors (Lipinski definition) is 2. The highest BCUT2D eigenvalue weighted by molar-refractivity contribution is 5.82. The number of hydrogen-bond acceptors (Lipinski definition) is 6. The van der Waals surface area contributed by atoms with Gasteiger partial charge in [-0.1, -0.05) is 18.7 Å². The molecule has 1 aliphatic heterocycles. The van der Waals surface area contributed by atoms with Crippen molar-refractivity contribution in [2.24, 2.45) is 0 Å². The van der Waals surface area contributed by atoms with Crippen molar-refractivity contribution in [1.29, 1.82) is 0 Å². The molecule has 1 aliphatic rings. The summed E-state index contributed by atoms with van der Waals surface area (Å²) in [7, 11) is 3.13. The van der Waals surface area contributed by atoms with Crippen molar-refractivity contribution in [2.45, 2.75) is 6.10 Å². The first-order valence-electron chi connectivity index (χ1n) is 7.98. The van der Waals surface area contributed by atoms with Crippen LogP contribution in [0.4, 0.5) is 0 Å². The van der Waals surface area contributed by atoms with Crippen molar-refractivity contribution < 1.29 is 23.7 Å². The highest BCUT2D eigenvalue weighted by atomic mass is 16.6. The Morgan fingerprint density at radius 1 is 1.12 bits per heavy atom. The summed E-state index contributed by atoms with van der Waals surface area (Å²) >= 11 is 0. The van der Waals surface area contributed by atoms with Crippen molar-refractivity contribution >= 4 is 11.6 Å². The third-order valence-electron chi connectivity index (χ3n) is 3.87. The van der Waals surface area contributed by atoms with E-state index < -0.39 is 6.10 Å². The van der Waals surface area contributed by atoms with E-state index in [1.165, 1.54) is 0 Å². The second kappa shape index (κ2) is 7.69. The van der Waals surface area contributed by atoms with E-state index >= 15 is 0 Å². The normalized spacial score (nSPS) is 14.9. The molecule has 2 N–H and O–H groups in total. The Hall–Kier alpha value is -3.35. The van der Waals surface area contributed by atoms with Crippen molar-refractivity contribution in [2.75, 3.05) is 20.8 Å². The maximum absolute atomic E-state index is 12.3. The number of amides is 1. The van der Waals surface area contributed by atoms with Gasteiger partial charge < -0.3 is 18.9 Å². The van der Waals surface area contributed by atoms with Crippen LogP contribution in [0.2, 0.25) is 0 Å². The molecule has 0 aliphatic carbocycles. The van der Waals surface area contributed by atoms with Gasteiger partial charge in [0.25, 0.3) is 5.91 Å². The Balaban J connectivity index is 1.61. The molecule has 136 valence electrons. The Morgan fingerprint density at radius 3 is 2.62 bits per heavy atom. The number of para-hydroxylation sites is 2. The minimum Gasteiger partial charge on any atom is -0.497 e. The molecule has 7 heteroatoms. The molecule has 0 fully saturated rings. The van der Waals surface area contributed by atoms with E-state index in [-0.39, 0.29) is 12.5 Å². The molecular formula is C19H20N2O5. The third kappa shape index (κ3) is 3.66. The van der Waals surface area contributed by atoms with Crippen molar-refractivity contribution in [3.05, 3.63) is 54.6 Å². The van der Waals surface area contributed by atoms with E-state index in [1.807, 2.05) is 12.1 Å². The van der Waals surface area contributed by atoms with Crippen LogP contribution in [0, 0.1) is 0 Å². The molecule has 26 heavy (non-hydrogen) atoms. The Bertz CT molecular complexity index is 821. The molecule has 0 saturated heterocycles. The highest BCUT2D eigenvalue weighted by Gasteiger charge is 2.27. The van der Waals surface area contributed by atoms with Crippen LogP contribution in [0.1, 0.15) is 5.56 Å². The zero-order valence-electron chi connectivity index (χ0n) is 14.6. The van der Waals surface area contributed by atoms with Crippen LogP contribution in [-0.4, -0.2) is 32.8 Å². The lowest BCUT2D eigenvalue weighted by molar-refractivity contribution is -0.131. The molecule has 0 bridgehead atoms. The predicted molar refractivity (Wildman–Crippen MR) is 96.2 cm³/mol. The minimum absolute atomic E-state index is 0.128. The standard InChI is InChI=1S/C19H20N2O5/c1-12(14-9-8-13(23-2)10-17(14)24-3)20-21-19(22)18-11-25-15-6-4-5-7-16(15)26-18/h4-10,18,20H,1,11H2,2-3H3,(H,21,22). The van der Waals surface area contributed by atoms with Gasteiger partial charge in [0.15, 0.2) is 11.5 Å². The average molecular weight is 356 g/mol. The molecule has 2 aromatic rings. The van der Waals surface area contributed by atoms with Crippen molar-refractivity contribution in [3.63, 3.8) is 0 Å². The first-order chi connectivity index (χ1) is 12.6. The number of carbonyl (C=O) groups is 1. The molecule has 1 heterocycles. The van der Waals surface area contributed by atoms with E-state index in [4.69, 9.17) is 18.9 Å². The summed E-state index contributed by atoms with van der Waals surface area (Å²) < 4.78 is 21.7. The van der Waals surface area contributed by atoms with Gasteiger partial charge in [0, 0.05) is 11.6 Å². The molecule has 1 unspecified atom stereocenters. The van der Waals surface area contributed by atoms with Gasteiger partial charge >= 0.3 is 0 Å². The van der Waals surface area contributed by atoms with Gasteiger partial charge in [-0.05, 0) is 24.3 Å². The van der Waals surface area contributed by atoms with Gasteiger partial charge in [0.05, 0.1) is 19.9 Å². The molecule has 0 saturated carbocycles. The SMILES string of the molecule is C=C(NNC(=O)C1COc2ccccc2O1)c1ccc(OC)cc1OC. The van der Waals surface area contributed by atoms with Gasteiger partial charge in [-0.3, -0.25) is 15.6 Å². The summed E-state index contributed by atoms with van der Waals surface area (Å²) in [5.74, 6) is 2.02. The number of carbonyl (C=O) groups excluding carboxylic acids is 1. The molecule has 0 radical (unpaired) electrons. The third-order valence-corrected chi connectivity index (χ3v) is 3.87. The van der Waals surface area contributed by atoms with Gasteiger partial charge in [0.2, 0.25) is 6.10 Å². The Kier molecular flexibility index (Phi) is 5.17. The van der Waals surface area contributed by atoms with Crippen LogP contribution < -0.4 is 29.8 Å². The van der Waals surface area contributed by atoms with Gasteiger partial charge in [0.1, 0.15) is 18.1 Å². The molecule has 2 aromatic carbocycles. The quantitative estimate of drug-likeness (QED) is 0.772. The molecule has 1 amide bonds. The van der Waals surface area contributed by atoms with Crippen molar-refractivity contribution in [1.82, 2.24) is 10.9 Å². The Morgan fingerprint density at radius 2 is 1.88 bits per heavy atom. The lowest BCUT2D eigenvalue weighted by atomic mass is 10.1. The Labute approximate surface area is 151 Å². The van der Waals surface area contributed by atoms with Crippen LogP contribution in [0.25, 0.3) is 5.70 Å². The van der Waals surface area contributed by atoms with Crippen LogP contribution in [0.15, 0.2) is 49.0 Å². The second-order valence-corrected chi connectivity index (χ2v) is 5.52. The fraction of sp³-hybridized carbons (Fsp3) is 0.211. The first-order valence-corrected chi connectivity index (χ1v) is 7.98. The number of hydrazine groups is 1. The average Bonchev–Trinajstić information content (AvgIpc) is 2.70. The van der Waals surface area contributed by atoms with E-state index in [1.54, 1.807) is 44.6 Å². The number of rotatable bonds is 6. The fourth-order valence-electron chi connectivity index (χ4n) is 2.48. The van der Waals surface area contributed by atoms with Gasteiger partial charge in [-0.15, -0.1) is 0 Å². The number of benzene rings is 2. The lowest BCUT2D eigenvalue weighted by Gasteiger charge is -2.26. The molecule has 0 aromatic heterocycles. The summed E-state index contributed by atoms with van der Waals surface area (Å²) in [6, 6.07) is 12.5. The summed E-state index contributed by atoms with van der Waals surface area (Å²) in [5.41, 5.74) is 6.52. The van der Waals surface area contributed by atoms with E-state index in [9.17, 15) is 4.79 Å². The number of methoxy groups -OCH3 is 2. The smallest absolute Gasteiger partial charge is 0.282 e. The molecule has 7 nitrogen and oxygen atoms in total. The summed E-state index contributed by atoms with van der Waals surface area (Å²) in [6.45, 7) is 4.05. The summed E-state index contributed by atoms with van der Waals surface area (Å²) in [6.07, 6.45) is -0.761. The number of ether oxygens (including phenoxy) is 4. The maximum Gasteiger partial charge on any atom is 0.282 e. The zero-order valence-corrected chi connectivity index (χ0v) is 14.6. The maximum atomic E-state index is 12.3.